The first-order chi connectivity index (χ1) is 8.24. The Morgan fingerprint density at radius 2 is 1.76 bits per heavy atom. The second-order valence-electron chi connectivity index (χ2n) is 3.49. The molecule has 0 amide bonds. The Morgan fingerprint density at radius 1 is 1.12 bits per heavy atom. The van der Waals surface area contributed by atoms with Crippen LogP contribution in [0.5, 0.6) is 5.75 Å². The molecule has 1 heterocycles. The predicted octanol–water partition coefficient (Wildman–Crippen LogP) is 1.82. The number of anilines is 1. The van der Waals surface area contributed by atoms with Gasteiger partial charge in [-0.15, -0.1) is 0 Å². The van der Waals surface area contributed by atoms with E-state index in [4.69, 9.17) is 10.5 Å². The van der Waals surface area contributed by atoms with Crippen molar-refractivity contribution in [2.24, 2.45) is 0 Å². The van der Waals surface area contributed by atoms with Crippen LogP contribution in [0.15, 0.2) is 36.7 Å². The van der Waals surface area contributed by atoms with E-state index in [1.165, 1.54) is 12.1 Å². The number of rotatable bonds is 4. The number of nitrogens with zero attached hydrogens (tertiary/aromatic N) is 2. The zero-order valence-corrected chi connectivity index (χ0v) is 9.14. The van der Waals surface area contributed by atoms with Crippen molar-refractivity contribution in [3.05, 3.63) is 48.3 Å². The maximum absolute atomic E-state index is 12.6. The van der Waals surface area contributed by atoms with Crippen molar-refractivity contribution in [3.8, 4) is 5.75 Å². The molecule has 0 aliphatic rings. The third-order valence-corrected chi connectivity index (χ3v) is 2.13. The first kappa shape index (κ1) is 11.3. The number of hydrogen-bond donors (Lipinski definition) is 1. The SMILES string of the molecule is Nc1cnc(CCOc2ccc(F)cc2)nc1. The molecule has 0 aliphatic heterocycles. The molecule has 2 rings (SSSR count). The zero-order valence-electron chi connectivity index (χ0n) is 9.14. The summed E-state index contributed by atoms with van der Waals surface area (Å²) in [6.45, 7) is 0.440. The number of benzene rings is 1. The van der Waals surface area contributed by atoms with Gasteiger partial charge in [-0.1, -0.05) is 0 Å². The van der Waals surface area contributed by atoms with Crippen molar-refractivity contribution in [3.63, 3.8) is 0 Å². The lowest BCUT2D eigenvalue weighted by Gasteiger charge is -2.05. The molecule has 1 aromatic heterocycles. The number of aromatic nitrogens is 2. The van der Waals surface area contributed by atoms with E-state index >= 15 is 0 Å². The number of nitrogens with two attached hydrogens (primary N) is 1. The van der Waals surface area contributed by atoms with Gasteiger partial charge >= 0.3 is 0 Å². The maximum Gasteiger partial charge on any atom is 0.131 e. The van der Waals surface area contributed by atoms with Gasteiger partial charge in [0.15, 0.2) is 0 Å². The first-order valence-electron chi connectivity index (χ1n) is 5.19. The highest BCUT2D eigenvalue weighted by molar-refractivity contribution is 5.30. The summed E-state index contributed by atoms with van der Waals surface area (Å²) >= 11 is 0. The molecule has 0 unspecified atom stereocenters. The third-order valence-electron chi connectivity index (χ3n) is 2.13. The first-order valence-corrected chi connectivity index (χ1v) is 5.19. The second-order valence-corrected chi connectivity index (χ2v) is 3.49. The summed E-state index contributed by atoms with van der Waals surface area (Å²) in [5.41, 5.74) is 6.00. The standard InChI is InChI=1S/C12H12FN3O/c13-9-1-3-11(4-2-9)17-6-5-12-15-7-10(14)8-16-12/h1-4,7-8H,5-6,14H2. The van der Waals surface area contributed by atoms with Crippen LogP contribution in [0.4, 0.5) is 10.1 Å². The summed E-state index contributed by atoms with van der Waals surface area (Å²) < 4.78 is 18.0. The van der Waals surface area contributed by atoms with Gasteiger partial charge in [0.2, 0.25) is 0 Å². The summed E-state index contributed by atoms with van der Waals surface area (Å²) in [5.74, 6) is 1.02. The number of nitrogen functional groups attached to an aromatic ring is 1. The van der Waals surface area contributed by atoms with Gasteiger partial charge < -0.3 is 10.5 Å². The molecule has 0 aliphatic carbocycles. The average molecular weight is 233 g/mol. The molecule has 4 nitrogen and oxygen atoms in total. The van der Waals surface area contributed by atoms with Crippen LogP contribution in [0.1, 0.15) is 5.82 Å². The highest BCUT2D eigenvalue weighted by atomic mass is 19.1. The third kappa shape index (κ3) is 3.41. The van der Waals surface area contributed by atoms with Crippen LogP contribution in [0.2, 0.25) is 0 Å². The molecule has 0 saturated carbocycles. The van der Waals surface area contributed by atoms with Crippen LogP contribution in [0, 0.1) is 5.82 Å². The molecule has 2 N–H and O–H groups in total. The van der Waals surface area contributed by atoms with Gasteiger partial charge in [0.1, 0.15) is 17.4 Å². The summed E-state index contributed by atoms with van der Waals surface area (Å²) in [7, 11) is 0. The molecule has 2 aromatic rings. The fourth-order valence-electron chi connectivity index (χ4n) is 1.28. The number of halogens is 1. The molecule has 5 heteroatoms. The van der Waals surface area contributed by atoms with Crippen molar-refractivity contribution < 1.29 is 9.13 Å². The Kier molecular flexibility index (Phi) is 3.49. The topological polar surface area (TPSA) is 61.0 Å². The van der Waals surface area contributed by atoms with E-state index in [2.05, 4.69) is 9.97 Å². The van der Waals surface area contributed by atoms with Gasteiger partial charge in [0.25, 0.3) is 0 Å². The summed E-state index contributed by atoms with van der Waals surface area (Å²) in [6.07, 6.45) is 3.69. The summed E-state index contributed by atoms with van der Waals surface area (Å²) in [4.78, 5) is 8.09. The van der Waals surface area contributed by atoms with Gasteiger partial charge in [-0.05, 0) is 24.3 Å². The molecule has 1 aromatic carbocycles. The van der Waals surface area contributed by atoms with Crippen LogP contribution in [-0.2, 0) is 6.42 Å². The van der Waals surface area contributed by atoms with E-state index in [-0.39, 0.29) is 5.82 Å². The minimum absolute atomic E-state index is 0.279. The maximum atomic E-state index is 12.6. The summed E-state index contributed by atoms with van der Waals surface area (Å²) in [5, 5.41) is 0. The van der Waals surface area contributed by atoms with Gasteiger partial charge in [-0.25, -0.2) is 14.4 Å². The van der Waals surface area contributed by atoms with Crippen molar-refractivity contribution in [2.75, 3.05) is 12.3 Å². The molecule has 0 saturated heterocycles. The van der Waals surface area contributed by atoms with Crippen LogP contribution in [0.3, 0.4) is 0 Å². The largest absolute Gasteiger partial charge is 0.493 e. The van der Waals surface area contributed by atoms with Gasteiger partial charge in [0.05, 0.1) is 24.7 Å². The monoisotopic (exact) mass is 233 g/mol. The second kappa shape index (κ2) is 5.25. The van der Waals surface area contributed by atoms with E-state index in [1.54, 1.807) is 24.5 Å². The van der Waals surface area contributed by atoms with E-state index < -0.39 is 0 Å². The van der Waals surface area contributed by atoms with Crippen molar-refractivity contribution in [1.29, 1.82) is 0 Å². The molecule has 0 bridgehead atoms. The minimum Gasteiger partial charge on any atom is -0.493 e. The lowest BCUT2D eigenvalue weighted by Crippen LogP contribution is -2.05. The van der Waals surface area contributed by atoms with Crippen molar-refractivity contribution >= 4 is 5.69 Å². The Labute approximate surface area is 98.3 Å². The lowest BCUT2D eigenvalue weighted by molar-refractivity contribution is 0.318. The van der Waals surface area contributed by atoms with Crippen LogP contribution < -0.4 is 10.5 Å². The Bertz CT molecular complexity index is 425. The van der Waals surface area contributed by atoms with Crippen LogP contribution >= 0.6 is 0 Å². The molecule has 0 atom stereocenters. The average Bonchev–Trinajstić information content (AvgIpc) is 2.34. The molecular formula is C12H12FN3O. The fraction of sp³-hybridized carbons (Fsp3) is 0.167. The molecule has 0 spiro atoms. The van der Waals surface area contributed by atoms with E-state index in [0.29, 0.717) is 30.3 Å². The smallest absolute Gasteiger partial charge is 0.131 e. The Morgan fingerprint density at radius 3 is 2.41 bits per heavy atom. The number of ether oxygens (including phenoxy) is 1. The highest BCUT2D eigenvalue weighted by Crippen LogP contribution is 2.11. The number of hydrogen-bond acceptors (Lipinski definition) is 4. The van der Waals surface area contributed by atoms with Crippen LogP contribution in [0.25, 0.3) is 0 Å². The highest BCUT2D eigenvalue weighted by Gasteiger charge is 1.98. The van der Waals surface area contributed by atoms with Crippen molar-refractivity contribution in [2.45, 2.75) is 6.42 Å². The molecule has 0 fully saturated rings. The molecular weight excluding hydrogens is 221 g/mol. The van der Waals surface area contributed by atoms with E-state index in [1.807, 2.05) is 0 Å². The fourth-order valence-corrected chi connectivity index (χ4v) is 1.28. The predicted molar refractivity (Wildman–Crippen MR) is 62.0 cm³/mol. The Balaban J connectivity index is 1.83. The van der Waals surface area contributed by atoms with Gasteiger partial charge in [0, 0.05) is 6.42 Å². The summed E-state index contributed by atoms with van der Waals surface area (Å²) in [6, 6.07) is 5.88. The molecule has 88 valence electrons. The van der Waals surface area contributed by atoms with Gasteiger partial charge in [-0.2, -0.15) is 0 Å². The van der Waals surface area contributed by atoms with E-state index in [0.717, 1.165) is 0 Å². The van der Waals surface area contributed by atoms with E-state index in [9.17, 15) is 4.39 Å². The quantitative estimate of drug-likeness (QED) is 0.875. The van der Waals surface area contributed by atoms with Crippen molar-refractivity contribution in [1.82, 2.24) is 9.97 Å². The normalized spacial score (nSPS) is 10.2. The van der Waals surface area contributed by atoms with Gasteiger partial charge in [-0.3, -0.25) is 0 Å². The molecule has 17 heavy (non-hydrogen) atoms. The lowest BCUT2D eigenvalue weighted by atomic mass is 10.3. The van der Waals surface area contributed by atoms with Crippen LogP contribution in [-0.4, -0.2) is 16.6 Å². The Hall–Kier alpha value is -2.17. The minimum atomic E-state index is -0.279. The molecule has 0 radical (unpaired) electrons. The zero-order chi connectivity index (χ0) is 12.1.